The zero-order valence-electron chi connectivity index (χ0n) is 10.4. The third-order valence-electron chi connectivity index (χ3n) is 3.54. The second-order valence-electron chi connectivity index (χ2n) is 4.88. The van der Waals surface area contributed by atoms with Crippen LogP contribution in [0.5, 0.6) is 0 Å². The van der Waals surface area contributed by atoms with E-state index in [1.165, 1.54) is 6.07 Å². The Balaban J connectivity index is 1.94. The summed E-state index contributed by atoms with van der Waals surface area (Å²) in [5.41, 5.74) is 1.16. The van der Waals surface area contributed by atoms with Gasteiger partial charge in [0.05, 0.1) is 6.07 Å². The van der Waals surface area contributed by atoms with Gasteiger partial charge < -0.3 is 4.90 Å². The summed E-state index contributed by atoms with van der Waals surface area (Å²) >= 11 is 0. The van der Waals surface area contributed by atoms with Gasteiger partial charge in [-0.3, -0.25) is 0 Å². The first kappa shape index (κ1) is 13.9. The molecule has 1 fully saturated rings. The largest absolute Gasteiger partial charge is 0.405 e. The van der Waals surface area contributed by atoms with Crippen LogP contribution in [0.3, 0.4) is 0 Å². The molecule has 0 aliphatic carbocycles. The highest BCUT2D eigenvalue weighted by Gasteiger charge is 2.41. The number of hydrogen-bond donors (Lipinski definition) is 0. The number of nitriles is 1. The molecule has 102 valence electrons. The lowest BCUT2D eigenvalue weighted by Gasteiger charge is -2.21. The van der Waals surface area contributed by atoms with Crippen LogP contribution in [0.25, 0.3) is 0 Å². The molecule has 1 aliphatic rings. The van der Waals surface area contributed by atoms with E-state index in [4.69, 9.17) is 5.26 Å². The minimum atomic E-state index is -4.43. The average Bonchev–Trinajstić information content (AvgIpc) is 2.84. The minimum Gasteiger partial charge on any atom is -0.301 e. The molecule has 0 radical (unpaired) electrons. The molecule has 2 unspecified atom stereocenters. The first-order valence-corrected chi connectivity index (χ1v) is 6.24. The molecule has 19 heavy (non-hydrogen) atoms. The smallest absolute Gasteiger partial charge is 0.301 e. The predicted molar refractivity (Wildman–Crippen MR) is 65.4 cm³/mol. The third kappa shape index (κ3) is 3.48. The molecule has 0 saturated carbocycles. The van der Waals surface area contributed by atoms with E-state index in [0.29, 0.717) is 13.1 Å². The highest BCUT2D eigenvalue weighted by molar-refractivity contribution is 5.21. The molecule has 0 bridgehead atoms. The lowest BCUT2D eigenvalue weighted by Crippen LogP contribution is -2.34. The van der Waals surface area contributed by atoms with Gasteiger partial charge in [-0.15, -0.1) is 0 Å². The van der Waals surface area contributed by atoms with Gasteiger partial charge in [0.2, 0.25) is 0 Å². The van der Waals surface area contributed by atoms with Crippen molar-refractivity contribution in [3.63, 3.8) is 0 Å². The topological polar surface area (TPSA) is 27.0 Å². The zero-order valence-corrected chi connectivity index (χ0v) is 10.4. The summed E-state index contributed by atoms with van der Waals surface area (Å²) in [5, 5.41) is 8.61. The van der Waals surface area contributed by atoms with Gasteiger partial charge in [0, 0.05) is 13.1 Å². The van der Waals surface area contributed by atoms with Gasteiger partial charge in [-0.2, -0.15) is 18.4 Å². The average molecular weight is 268 g/mol. The van der Waals surface area contributed by atoms with Crippen LogP contribution in [-0.2, 0) is 0 Å². The number of benzene rings is 1. The van der Waals surface area contributed by atoms with Gasteiger partial charge >= 0.3 is 6.18 Å². The zero-order chi connectivity index (χ0) is 13.9. The fourth-order valence-electron chi connectivity index (χ4n) is 2.47. The van der Waals surface area contributed by atoms with E-state index in [2.05, 4.69) is 0 Å². The molecular weight excluding hydrogens is 253 g/mol. The van der Waals surface area contributed by atoms with Crippen molar-refractivity contribution in [2.45, 2.75) is 18.5 Å². The van der Waals surface area contributed by atoms with Gasteiger partial charge in [-0.25, -0.2) is 0 Å². The van der Waals surface area contributed by atoms with Crippen LogP contribution in [0, 0.1) is 17.2 Å². The van der Waals surface area contributed by atoms with E-state index in [1.54, 1.807) is 4.90 Å². The number of likely N-dealkylation sites (tertiary alicyclic amines) is 1. The molecule has 2 rings (SSSR count). The van der Waals surface area contributed by atoms with E-state index in [9.17, 15) is 13.2 Å². The molecule has 1 aromatic carbocycles. The predicted octanol–water partition coefficient (Wildman–Crippen LogP) is 3.18. The third-order valence-corrected chi connectivity index (χ3v) is 3.54. The van der Waals surface area contributed by atoms with Crippen molar-refractivity contribution in [2.24, 2.45) is 5.92 Å². The summed E-state index contributed by atoms with van der Waals surface area (Å²) in [6, 6.07) is 11.2. The van der Waals surface area contributed by atoms with Crippen molar-refractivity contribution in [3.8, 4) is 6.07 Å². The lowest BCUT2D eigenvalue weighted by molar-refractivity contribution is -0.162. The van der Waals surface area contributed by atoms with E-state index in [-0.39, 0.29) is 12.5 Å². The fourth-order valence-corrected chi connectivity index (χ4v) is 2.47. The van der Waals surface area contributed by atoms with Gasteiger partial charge in [-0.1, -0.05) is 30.3 Å². The maximum absolute atomic E-state index is 12.5. The Morgan fingerprint density at radius 1 is 1.32 bits per heavy atom. The molecule has 1 aliphatic heterocycles. The van der Waals surface area contributed by atoms with Crippen molar-refractivity contribution in [1.29, 1.82) is 5.26 Å². The van der Waals surface area contributed by atoms with E-state index in [0.717, 1.165) is 12.0 Å². The van der Waals surface area contributed by atoms with Crippen LogP contribution in [0.4, 0.5) is 13.2 Å². The van der Waals surface area contributed by atoms with Gasteiger partial charge in [-0.05, 0) is 24.4 Å². The highest BCUT2D eigenvalue weighted by atomic mass is 19.4. The van der Waals surface area contributed by atoms with E-state index >= 15 is 0 Å². The van der Waals surface area contributed by atoms with Crippen molar-refractivity contribution in [3.05, 3.63) is 35.9 Å². The Morgan fingerprint density at radius 3 is 2.58 bits per heavy atom. The normalized spacial score (nSPS) is 22.1. The van der Waals surface area contributed by atoms with Crippen LogP contribution in [0.15, 0.2) is 30.3 Å². The second kappa shape index (κ2) is 5.62. The van der Waals surface area contributed by atoms with Crippen LogP contribution in [0.2, 0.25) is 0 Å². The summed E-state index contributed by atoms with van der Waals surface area (Å²) in [7, 11) is 0. The van der Waals surface area contributed by atoms with Crippen molar-refractivity contribution >= 4 is 0 Å². The second-order valence-corrected chi connectivity index (χ2v) is 4.88. The summed E-state index contributed by atoms with van der Waals surface area (Å²) in [6.07, 6.45) is -3.58. The molecule has 2 atom stereocenters. The van der Waals surface area contributed by atoms with Crippen LogP contribution in [0.1, 0.15) is 17.9 Å². The molecule has 5 heteroatoms. The fraction of sp³-hybridized carbons (Fsp3) is 0.500. The summed E-state index contributed by atoms with van der Waals surface area (Å²) in [6.45, 7) is 0.995. The molecule has 0 aromatic heterocycles. The highest BCUT2D eigenvalue weighted by Crippen LogP contribution is 2.31. The number of nitrogens with zero attached hydrogens (tertiary/aromatic N) is 2. The quantitative estimate of drug-likeness (QED) is 0.842. The maximum Gasteiger partial charge on any atom is 0.405 e. The van der Waals surface area contributed by atoms with E-state index < -0.39 is 12.1 Å². The SMILES string of the molecule is N#CC(CN1CCC(c2ccccc2)C1)C(F)(F)F. The van der Waals surface area contributed by atoms with Crippen LogP contribution >= 0.6 is 0 Å². The van der Waals surface area contributed by atoms with Gasteiger partial charge in [0.1, 0.15) is 0 Å². The molecule has 0 amide bonds. The van der Waals surface area contributed by atoms with Crippen molar-refractivity contribution in [1.82, 2.24) is 4.90 Å². The molecule has 0 N–H and O–H groups in total. The van der Waals surface area contributed by atoms with Gasteiger partial charge in [0.15, 0.2) is 5.92 Å². The molecule has 1 heterocycles. The first-order valence-electron chi connectivity index (χ1n) is 6.24. The number of alkyl halides is 3. The Hall–Kier alpha value is -1.54. The van der Waals surface area contributed by atoms with Crippen molar-refractivity contribution in [2.75, 3.05) is 19.6 Å². The first-order chi connectivity index (χ1) is 9.00. The Bertz CT molecular complexity index is 450. The van der Waals surface area contributed by atoms with E-state index in [1.807, 2.05) is 30.3 Å². The Kier molecular flexibility index (Phi) is 4.11. The van der Waals surface area contributed by atoms with Crippen LogP contribution < -0.4 is 0 Å². The molecule has 1 saturated heterocycles. The molecule has 0 spiro atoms. The van der Waals surface area contributed by atoms with Gasteiger partial charge in [0.25, 0.3) is 0 Å². The standard InChI is InChI=1S/C14H15F3N2/c15-14(16,17)13(8-18)10-19-7-6-12(9-19)11-4-2-1-3-5-11/h1-5,12-13H,6-7,9-10H2. The number of hydrogen-bond acceptors (Lipinski definition) is 2. The number of rotatable bonds is 3. The molecular formula is C14H15F3N2. The Morgan fingerprint density at radius 2 is 2.00 bits per heavy atom. The molecule has 2 nitrogen and oxygen atoms in total. The lowest BCUT2D eigenvalue weighted by atomic mass is 9.99. The maximum atomic E-state index is 12.5. The monoisotopic (exact) mass is 268 g/mol. The summed E-state index contributed by atoms with van der Waals surface area (Å²) in [5.74, 6) is -1.62. The summed E-state index contributed by atoms with van der Waals surface area (Å²) < 4.78 is 37.6. The van der Waals surface area contributed by atoms with Crippen molar-refractivity contribution < 1.29 is 13.2 Å². The molecule has 1 aromatic rings. The summed E-state index contributed by atoms with van der Waals surface area (Å²) in [4.78, 5) is 1.74. The minimum absolute atomic E-state index is 0.219. The van der Waals surface area contributed by atoms with Crippen LogP contribution in [-0.4, -0.2) is 30.7 Å². The number of halogens is 3. The Labute approximate surface area is 110 Å².